The van der Waals surface area contributed by atoms with Gasteiger partial charge in [0.1, 0.15) is 0 Å². The number of carbonyl (C=O) groups is 1. The number of hydrogen-bond acceptors (Lipinski definition) is 4. The van der Waals surface area contributed by atoms with Crippen LogP contribution in [0, 0.1) is 12.8 Å². The van der Waals surface area contributed by atoms with Crippen LogP contribution in [0.2, 0.25) is 0 Å². The molecule has 116 valence electrons. The van der Waals surface area contributed by atoms with E-state index in [4.69, 9.17) is 10.9 Å². The zero-order chi connectivity index (χ0) is 15.6. The number of primary sulfonamides is 1. The van der Waals surface area contributed by atoms with Gasteiger partial charge in [0.05, 0.1) is 10.8 Å². The molecule has 0 spiro atoms. The van der Waals surface area contributed by atoms with Crippen LogP contribution in [-0.2, 0) is 14.8 Å². The molecule has 1 amide bonds. The quantitative estimate of drug-likeness (QED) is 0.775. The minimum atomic E-state index is -3.80. The van der Waals surface area contributed by atoms with Crippen LogP contribution in [0.25, 0.3) is 0 Å². The Balaban J connectivity index is 2.18. The minimum Gasteiger partial charge on any atom is -0.327 e. The number of rotatable bonds is 3. The molecule has 0 aromatic heterocycles. The van der Waals surface area contributed by atoms with Gasteiger partial charge in [-0.2, -0.15) is 0 Å². The van der Waals surface area contributed by atoms with Crippen LogP contribution in [0.3, 0.4) is 0 Å². The molecule has 0 saturated heterocycles. The summed E-state index contributed by atoms with van der Waals surface area (Å²) in [5.74, 6) is -0.385. The molecule has 0 aliphatic heterocycles. The maximum atomic E-state index is 12.3. The van der Waals surface area contributed by atoms with Crippen molar-refractivity contribution >= 4 is 21.6 Å². The fraction of sp³-hybridized carbons (Fsp3) is 0.500. The predicted octanol–water partition coefficient (Wildman–Crippen LogP) is 1.10. The van der Waals surface area contributed by atoms with E-state index in [-0.39, 0.29) is 22.8 Å². The summed E-state index contributed by atoms with van der Waals surface area (Å²) in [6.07, 6.45) is 3.64. The maximum absolute atomic E-state index is 12.3. The van der Waals surface area contributed by atoms with Crippen LogP contribution in [0.5, 0.6) is 0 Å². The van der Waals surface area contributed by atoms with Crippen molar-refractivity contribution in [3.05, 3.63) is 23.8 Å². The summed E-state index contributed by atoms with van der Waals surface area (Å²) in [5.41, 5.74) is 6.95. The zero-order valence-corrected chi connectivity index (χ0v) is 12.8. The van der Waals surface area contributed by atoms with E-state index in [0.717, 1.165) is 25.7 Å². The summed E-state index contributed by atoms with van der Waals surface area (Å²) >= 11 is 0. The molecule has 2 rings (SSSR count). The first kappa shape index (κ1) is 15.9. The molecule has 1 aliphatic carbocycles. The SMILES string of the molecule is Cc1ccc(NC(=O)C2CCCCC2N)cc1S(N)(=O)=O. The van der Waals surface area contributed by atoms with Crippen molar-refractivity contribution in [2.45, 2.75) is 43.5 Å². The number of benzene rings is 1. The standard InChI is InChI=1S/C14H21N3O3S/c1-9-6-7-10(8-13(9)21(16,19)20)17-14(18)11-4-2-3-5-12(11)15/h6-8,11-12H,2-5,15H2,1H3,(H,17,18)(H2,16,19,20). The van der Waals surface area contributed by atoms with E-state index in [0.29, 0.717) is 11.3 Å². The highest BCUT2D eigenvalue weighted by molar-refractivity contribution is 7.89. The lowest BCUT2D eigenvalue weighted by Gasteiger charge is -2.27. The van der Waals surface area contributed by atoms with Crippen LogP contribution in [-0.4, -0.2) is 20.4 Å². The highest BCUT2D eigenvalue weighted by Crippen LogP contribution is 2.25. The van der Waals surface area contributed by atoms with E-state index in [1.807, 2.05) is 0 Å². The van der Waals surface area contributed by atoms with Crippen LogP contribution in [0.4, 0.5) is 5.69 Å². The molecule has 2 atom stereocenters. The van der Waals surface area contributed by atoms with Gasteiger partial charge in [-0.1, -0.05) is 18.9 Å². The number of nitrogens with two attached hydrogens (primary N) is 2. The molecule has 2 unspecified atom stereocenters. The number of sulfonamides is 1. The van der Waals surface area contributed by atoms with Crippen molar-refractivity contribution < 1.29 is 13.2 Å². The molecular weight excluding hydrogens is 290 g/mol. The zero-order valence-electron chi connectivity index (χ0n) is 12.0. The van der Waals surface area contributed by atoms with Gasteiger partial charge in [0, 0.05) is 11.7 Å². The van der Waals surface area contributed by atoms with Gasteiger partial charge in [0.2, 0.25) is 15.9 Å². The lowest BCUT2D eigenvalue weighted by molar-refractivity contribution is -0.121. The Morgan fingerprint density at radius 1 is 1.29 bits per heavy atom. The summed E-state index contributed by atoms with van der Waals surface area (Å²) in [6, 6.07) is 4.53. The van der Waals surface area contributed by atoms with Gasteiger partial charge in [-0.05, 0) is 37.5 Å². The highest BCUT2D eigenvalue weighted by atomic mass is 32.2. The van der Waals surface area contributed by atoms with Crippen molar-refractivity contribution in [2.75, 3.05) is 5.32 Å². The molecule has 1 fully saturated rings. The Hall–Kier alpha value is -1.44. The molecule has 1 aliphatic rings. The van der Waals surface area contributed by atoms with E-state index in [2.05, 4.69) is 5.32 Å². The number of carbonyl (C=O) groups excluding carboxylic acids is 1. The van der Waals surface area contributed by atoms with E-state index in [1.165, 1.54) is 6.07 Å². The van der Waals surface area contributed by atoms with Gasteiger partial charge in [0.15, 0.2) is 0 Å². The average Bonchev–Trinajstić information content (AvgIpc) is 2.40. The summed E-state index contributed by atoms with van der Waals surface area (Å²) in [6.45, 7) is 1.66. The lowest BCUT2D eigenvalue weighted by Crippen LogP contribution is -2.40. The average molecular weight is 311 g/mol. The normalized spacial score (nSPS) is 22.8. The minimum absolute atomic E-state index is 0.0215. The van der Waals surface area contributed by atoms with E-state index >= 15 is 0 Å². The van der Waals surface area contributed by atoms with Gasteiger partial charge < -0.3 is 11.1 Å². The van der Waals surface area contributed by atoms with Crippen molar-refractivity contribution in [2.24, 2.45) is 16.8 Å². The van der Waals surface area contributed by atoms with Crippen LogP contribution in [0.15, 0.2) is 23.1 Å². The van der Waals surface area contributed by atoms with E-state index in [1.54, 1.807) is 19.1 Å². The van der Waals surface area contributed by atoms with Crippen LogP contribution < -0.4 is 16.2 Å². The second-order valence-electron chi connectivity index (χ2n) is 5.57. The highest BCUT2D eigenvalue weighted by Gasteiger charge is 2.28. The first-order valence-electron chi connectivity index (χ1n) is 6.99. The summed E-state index contributed by atoms with van der Waals surface area (Å²) in [7, 11) is -3.80. The summed E-state index contributed by atoms with van der Waals surface area (Å²) < 4.78 is 23.0. The third kappa shape index (κ3) is 3.81. The van der Waals surface area contributed by atoms with Crippen molar-refractivity contribution in [3.63, 3.8) is 0 Å². The Labute approximate surface area is 124 Å². The molecule has 6 nitrogen and oxygen atoms in total. The summed E-state index contributed by atoms with van der Waals surface area (Å²) in [5, 5.41) is 7.90. The number of amides is 1. The summed E-state index contributed by atoms with van der Waals surface area (Å²) in [4.78, 5) is 12.3. The fourth-order valence-corrected chi connectivity index (χ4v) is 3.51. The van der Waals surface area contributed by atoms with Crippen LogP contribution in [0.1, 0.15) is 31.2 Å². The van der Waals surface area contributed by atoms with Gasteiger partial charge in [0.25, 0.3) is 0 Å². The van der Waals surface area contributed by atoms with Gasteiger partial charge in [-0.25, -0.2) is 13.6 Å². The first-order chi connectivity index (χ1) is 9.79. The number of aryl methyl sites for hydroxylation is 1. The Bertz CT molecular complexity index is 643. The Kier molecular flexibility index (Phi) is 4.65. The van der Waals surface area contributed by atoms with Crippen molar-refractivity contribution in [3.8, 4) is 0 Å². The molecule has 0 bridgehead atoms. The largest absolute Gasteiger partial charge is 0.327 e. The van der Waals surface area contributed by atoms with E-state index in [9.17, 15) is 13.2 Å². The predicted molar refractivity (Wildman–Crippen MR) is 81.1 cm³/mol. The maximum Gasteiger partial charge on any atom is 0.238 e. The first-order valence-corrected chi connectivity index (χ1v) is 8.53. The molecule has 5 N–H and O–H groups in total. The molecule has 0 heterocycles. The van der Waals surface area contributed by atoms with Crippen LogP contribution >= 0.6 is 0 Å². The molecule has 1 saturated carbocycles. The molecule has 1 aromatic rings. The lowest BCUT2D eigenvalue weighted by atomic mass is 9.84. The number of hydrogen-bond donors (Lipinski definition) is 3. The Morgan fingerprint density at radius 3 is 2.57 bits per heavy atom. The fourth-order valence-electron chi connectivity index (χ4n) is 2.70. The molecule has 1 aromatic carbocycles. The third-order valence-electron chi connectivity index (χ3n) is 3.92. The molecule has 7 heteroatoms. The second kappa shape index (κ2) is 6.13. The van der Waals surface area contributed by atoms with Gasteiger partial charge in [-0.3, -0.25) is 4.79 Å². The molecule has 0 radical (unpaired) electrons. The molecule has 21 heavy (non-hydrogen) atoms. The number of anilines is 1. The van der Waals surface area contributed by atoms with Crippen molar-refractivity contribution in [1.29, 1.82) is 0 Å². The second-order valence-corrected chi connectivity index (χ2v) is 7.10. The topological polar surface area (TPSA) is 115 Å². The third-order valence-corrected chi connectivity index (χ3v) is 4.97. The Morgan fingerprint density at radius 2 is 1.95 bits per heavy atom. The monoisotopic (exact) mass is 311 g/mol. The smallest absolute Gasteiger partial charge is 0.238 e. The van der Waals surface area contributed by atoms with E-state index < -0.39 is 10.0 Å². The van der Waals surface area contributed by atoms with Gasteiger partial charge in [-0.15, -0.1) is 0 Å². The molecular formula is C14H21N3O3S. The number of nitrogens with one attached hydrogen (secondary N) is 1. The van der Waals surface area contributed by atoms with Gasteiger partial charge >= 0.3 is 0 Å². The van der Waals surface area contributed by atoms with Crippen molar-refractivity contribution in [1.82, 2.24) is 0 Å².